The second-order valence-electron chi connectivity index (χ2n) is 10.2. The topological polar surface area (TPSA) is 92.6 Å². The number of piperazine rings is 1. The van der Waals surface area contributed by atoms with Crippen molar-refractivity contribution in [2.24, 2.45) is 0 Å². The Morgan fingerprint density at radius 3 is 2.39 bits per heavy atom. The quantitative estimate of drug-likeness (QED) is 0.516. The maximum atomic E-state index is 14.8. The van der Waals surface area contributed by atoms with Crippen LogP contribution in [0.25, 0.3) is 10.9 Å². The summed E-state index contributed by atoms with van der Waals surface area (Å²) in [5, 5.41) is 5.41. The van der Waals surface area contributed by atoms with Gasteiger partial charge in [0.1, 0.15) is 23.1 Å². The molecule has 1 N–H and O–H groups in total. The van der Waals surface area contributed by atoms with E-state index in [9.17, 15) is 22.8 Å². The van der Waals surface area contributed by atoms with Crippen LogP contribution < -0.4 is 15.9 Å². The number of amides is 1. The number of nitrogens with zero attached hydrogens (tertiary/aromatic N) is 5. The van der Waals surface area contributed by atoms with Crippen molar-refractivity contribution in [2.45, 2.75) is 52.7 Å². The number of aromatic nitrogens is 3. The summed E-state index contributed by atoms with van der Waals surface area (Å²) in [6, 6.07) is 4.56. The van der Waals surface area contributed by atoms with E-state index in [1.165, 1.54) is 22.9 Å². The number of halogens is 3. The summed E-state index contributed by atoms with van der Waals surface area (Å²) >= 11 is 0. The number of hydrogen-bond acceptors (Lipinski definition) is 7. The van der Waals surface area contributed by atoms with E-state index in [4.69, 9.17) is 4.74 Å². The molecular formula is C26H31F3N6O3. The number of rotatable bonds is 5. The Morgan fingerprint density at radius 1 is 1.11 bits per heavy atom. The molecule has 0 radical (unpaired) electrons. The van der Waals surface area contributed by atoms with Crippen molar-refractivity contribution in [3.63, 3.8) is 0 Å². The minimum Gasteiger partial charge on any atom is -0.444 e. The van der Waals surface area contributed by atoms with Gasteiger partial charge in [-0.2, -0.15) is 0 Å². The molecule has 9 nitrogen and oxygen atoms in total. The van der Waals surface area contributed by atoms with Crippen LogP contribution in [-0.2, 0) is 4.74 Å². The number of pyridine rings is 1. The summed E-state index contributed by atoms with van der Waals surface area (Å²) in [5.74, 6) is -0.252. The molecule has 12 heteroatoms. The van der Waals surface area contributed by atoms with Gasteiger partial charge in [0.25, 0.3) is 12.0 Å². The predicted octanol–water partition coefficient (Wildman–Crippen LogP) is 4.54. The highest BCUT2D eigenvalue weighted by Crippen LogP contribution is 2.30. The zero-order chi connectivity index (χ0) is 27.8. The summed E-state index contributed by atoms with van der Waals surface area (Å²) in [6.07, 6.45) is -1.74. The molecule has 1 saturated heterocycles. The van der Waals surface area contributed by atoms with Gasteiger partial charge in [0.05, 0.1) is 35.6 Å². The largest absolute Gasteiger partial charge is 0.444 e. The number of aryl methyl sites for hydroxylation is 1. The van der Waals surface area contributed by atoms with Gasteiger partial charge in [-0.05, 0) is 34.6 Å². The average Bonchev–Trinajstić information content (AvgIpc) is 2.82. The number of fused-ring (bicyclic) bond motifs is 1. The van der Waals surface area contributed by atoms with Crippen molar-refractivity contribution in [3.8, 4) is 0 Å². The van der Waals surface area contributed by atoms with Crippen molar-refractivity contribution < 1.29 is 22.7 Å². The van der Waals surface area contributed by atoms with E-state index >= 15 is 0 Å². The molecule has 1 atom stereocenters. The Kier molecular flexibility index (Phi) is 7.52. The lowest BCUT2D eigenvalue weighted by Crippen LogP contribution is -2.55. The van der Waals surface area contributed by atoms with Crippen LogP contribution in [0.4, 0.5) is 23.8 Å². The number of carbonyl (C=O) groups excluding carboxylic acids is 1. The van der Waals surface area contributed by atoms with E-state index in [0.29, 0.717) is 48.7 Å². The third-order valence-corrected chi connectivity index (χ3v) is 6.15. The van der Waals surface area contributed by atoms with Gasteiger partial charge in [0, 0.05) is 30.9 Å². The number of benzene rings is 1. The van der Waals surface area contributed by atoms with Gasteiger partial charge < -0.3 is 20.0 Å². The fourth-order valence-corrected chi connectivity index (χ4v) is 4.31. The minimum atomic E-state index is -2.94. The van der Waals surface area contributed by atoms with Crippen molar-refractivity contribution in [2.75, 3.05) is 36.5 Å². The van der Waals surface area contributed by atoms with E-state index in [0.717, 1.165) is 6.07 Å². The molecule has 0 spiro atoms. The monoisotopic (exact) mass is 532 g/mol. The first-order valence-corrected chi connectivity index (χ1v) is 12.3. The van der Waals surface area contributed by atoms with Crippen molar-refractivity contribution in [1.82, 2.24) is 19.5 Å². The lowest BCUT2D eigenvalue weighted by Gasteiger charge is -2.37. The van der Waals surface area contributed by atoms with E-state index in [-0.39, 0.29) is 11.1 Å². The van der Waals surface area contributed by atoms with Crippen LogP contribution in [0.5, 0.6) is 0 Å². The number of anilines is 1. The molecule has 0 aliphatic carbocycles. The molecular weight excluding hydrogens is 501 g/mol. The molecule has 1 aliphatic heterocycles. The SMILES string of the molecule is Cc1nc(NC(C)c2cccc(C(F)F)c2F)c2cn(N3CCN(C(=O)OC(C)(C)C)CC3)c(=O)cc2n1. The highest BCUT2D eigenvalue weighted by molar-refractivity contribution is 5.88. The summed E-state index contributed by atoms with van der Waals surface area (Å²) in [6.45, 7) is 10.2. The molecule has 1 unspecified atom stereocenters. The number of ether oxygens (including phenoxy) is 1. The highest BCUT2D eigenvalue weighted by Gasteiger charge is 2.27. The van der Waals surface area contributed by atoms with Crippen LogP contribution in [-0.4, -0.2) is 57.4 Å². The van der Waals surface area contributed by atoms with Crippen LogP contribution >= 0.6 is 0 Å². The van der Waals surface area contributed by atoms with E-state index in [1.54, 1.807) is 45.7 Å². The van der Waals surface area contributed by atoms with E-state index in [2.05, 4.69) is 15.3 Å². The van der Waals surface area contributed by atoms with Gasteiger partial charge in [0.2, 0.25) is 0 Å². The first-order chi connectivity index (χ1) is 17.8. The summed E-state index contributed by atoms with van der Waals surface area (Å²) in [5.41, 5.74) is -1.12. The molecule has 0 bridgehead atoms. The minimum absolute atomic E-state index is 0.0683. The second-order valence-corrected chi connectivity index (χ2v) is 10.2. The Hall–Kier alpha value is -3.83. The number of alkyl halides is 2. The van der Waals surface area contributed by atoms with Crippen LogP contribution in [0, 0.1) is 12.7 Å². The first-order valence-electron chi connectivity index (χ1n) is 12.3. The molecule has 2 aromatic heterocycles. The Balaban J connectivity index is 1.61. The smallest absolute Gasteiger partial charge is 0.410 e. The lowest BCUT2D eigenvalue weighted by molar-refractivity contribution is 0.0232. The van der Waals surface area contributed by atoms with Crippen molar-refractivity contribution in [1.29, 1.82) is 0 Å². The average molecular weight is 533 g/mol. The molecule has 3 heterocycles. The first kappa shape index (κ1) is 27.2. The molecule has 0 saturated carbocycles. The normalized spacial score (nSPS) is 15.2. The zero-order valence-corrected chi connectivity index (χ0v) is 22.0. The van der Waals surface area contributed by atoms with Crippen molar-refractivity contribution in [3.05, 3.63) is 63.6 Å². The molecule has 3 aromatic rings. The maximum Gasteiger partial charge on any atom is 0.410 e. The molecule has 1 fully saturated rings. The van der Waals surface area contributed by atoms with Crippen LogP contribution in [0.15, 0.2) is 35.3 Å². The van der Waals surface area contributed by atoms with Gasteiger partial charge in [-0.1, -0.05) is 18.2 Å². The lowest BCUT2D eigenvalue weighted by atomic mass is 10.0. The third-order valence-electron chi connectivity index (χ3n) is 6.15. The van der Waals surface area contributed by atoms with Gasteiger partial charge in [-0.3, -0.25) is 4.79 Å². The fourth-order valence-electron chi connectivity index (χ4n) is 4.31. The van der Waals surface area contributed by atoms with Crippen LogP contribution in [0.2, 0.25) is 0 Å². The van der Waals surface area contributed by atoms with Gasteiger partial charge in [-0.15, -0.1) is 0 Å². The predicted molar refractivity (Wildman–Crippen MR) is 138 cm³/mol. The Labute approximate surface area is 218 Å². The van der Waals surface area contributed by atoms with E-state index < -0.39 is 35.5 Å². The summed E-state index contributed by atoms with van der Waals surface area (Å²) in [7, 11) is 0. The Bertz CT molecular complexity index is 1400. The van der Waals surface area contributed by atoms with Crippen LogP contribution in [0.1, 0.15) is 57.1 Å². The van der Waals surface area contributed by atoms with Gasteiger partial charge in [-0.25, -0.2) is 32.6 Å². The van der Waals surface area contributed by atoms with Gasteiger partial charge in [0.15, 0.2) is 0 Å². The highest BCUT2D eigenvalue weighted by atomic mass is 19.3. The maximum absolute atomic E-state index is 14.8. The number of carbonyl (C=O) groups is 1. The molecule has 1 aliphatic rings. The van der Waals surface area contributed by atoms with Gasteiger partial charge >= 0.3 is 6.09 Å². The zero-order valence-electron chi connectivity index (χ0n) is 22.0. The molecule has 204 valence electrons. The molecule has 4 rings (SSSR count). The summed E-state index contributed by atoms with van der Waals surface area (Å²) in [4.78, 5) is 35.8. The second kappa shape index (κ2) is 10.5. The standard InChI is InChI=1S/C26H31F3N6O3/c1-15(17-7-6-8-18(22(17)27)23(28)29)30-24-19-14-35(21(36)13-20(19)31-16(2)32-24)34-11-9-33(10-12-34)25(37)38-26(3,4)5/h6-8,13-15,23H,9-12H2,1-5H3,(H,30,31,32). The summed E-state index contributed by atoms with van der Waals surface area (Å²) < 4.78 is 48.1. The Morgan fingerprint density at radius 2 is 1.76 bits per heavy atom. The molecule has 38 heavy (non-hydrogen) atoms. The van der Waals surface area contributed by atoms with E-state index in [1.807, 2.05) is 5.01 Å². The molecule has 1 aromatic carbocycles. The van der Waals surface area contributed by atoms with Crippen molar-refractivity contribution >= 4 is 22.8 Å². The molecule has 1 amide bonds. The third kappa shape index (κ3) is 5.84. The van der Waals surface area contributed by atoms with Crippen LogP contribution in [0.3, 0.4) is 0 Å². The fraction of sp³-hybridized carbons (Fsp3) is 0.462. The number of nitrogens with one attached hydrogen (secondary N) is 1. The number of hydrogen-bond donors (Lipinski definition) is 1.